The van der Waals surface area contributed by atoms with Crippen molar-refractivity contribution in [1.82, 2.24) is 9.80 Å². The fourth-order valence-electron chi connectivity index (χ4n) is 2.83. The molecule has 2 saturated heterocycles. The maximum atomic E-state index is 12.4. The second kappa shape index (κ2) is 7.07. The van der Waals surface area contributed by atoms with Crippen molar-refractivity contribution in [2.45, 2.75) is 45.6 Å². The Bertz CT molecular complexity index is 357. The van der Waals surface area contributed by atoms with Gasteiger partial charge in [0.2, 0.25) is 11.8 Å². The van der Waals surface area contributed by atoms with Crippen molar-refractivity contribution in [1.29, 1.82) is 0 Å². The lowest BCUT2D eigenvalue weighted by Gasteiger charge is -2.25. The normalized spacial score (nSPS) is 23.4. The molecule has 1 unspecified atom stereocenters. The molecule has 0 aromatic heterocycles. The number of rotatable bonds is 6. The molecule has 0 radical (unpaired) electrons. The van der Waals surface area contributed by atoms with Gasteiger partial charge in [-0.2, -0.15) is 0 Å². The molecule has 20 heavy (non-hydrogen) atoms. The molecule has 114 valence electrons. The molecule has 2 aliphatic rings. The Morgan fingerprint density at radius 2 is 2.05 bits per heavy atom. The van der Waals surface area contributed by atoms with Gasteiger partial charge in [0.15, 0.2) is 0 Å². The fourth-order valence-corrected chi connectivity index (χ4v) is 2.83. The topological polar surface area (TPSA) is 49.9 Å². The van der Waals surface area contributed by atoms with Crippen LogP contribution in [0.1, 0.15) is 39.5 Å². The monoisotopic (exact) mass is 282 g/mol. The molecule has 1 atom stereocenters. The van der Waals surface area contributed by atoms with E-state index in [4.69, 9.17) is 4.74 Å². The Hall–Kier alpha value is -1.10. The molecule has 5 nitrogen and oxygen atoms in total. The van der Waals surface area contributed by atoms with E-state index in [-0.39, 0.29) is 17.9 Å². The molecule has 0 aromatic carbocycles. The summed E-state index contributed by atoms with van der Waals surface area (Å²) in [4.78, 5) is 27.9. The highest BCUT2D eigenvalue weighted by atomic mass is 16.5. The zero-order valence-electron chi connectivity index (χ0n) is 12.6. The lowest BCUT2D eigenvalue weighted by molar-refractivity contribution is -0.139. The zero-order valence-corrected chi connectivity index (χ0v) is 12.6. The summed E-state index contributed by atoms with van der Waals surface area (Å²) in [6, 6.07) is -0.208. The minimum atomic E-state index is -0.208. The Kier molecular flexibility index (Phi) is 5.40. The van der Waals surface area contributed by atoms with Gasteiger partial charge in [-0.1, -0.05) is 13.8 Å². The summed E-state index contributed by atoms with van der Waals surface area (Å²) < 4.78 is 5.58. The van der Waals surface area contributed by atoms with E-state index in [0.717, 1.165) is 32.4 Å². The Balaban J connectivity index is 1.79. The molecule has 2 heterocycles. The van der Waals surface area contributed by atoms with Crippen LogP contribution >= 0.6 is 0 Å². The zero-order chi connectivity index (χ0) is 14.5. The Morgan fingerprint density at radius 1 is 1.25 bits per heavy atom. The van der Waals surface area contributed by atoms with Crippen molar-refractivity contribution >= 4 is 11.8 Å². The van der Waals surface area contributed by atoms with Crippen LogP contribution in [0.4, 0.5) is 0 Å². The third-order valence-electron chi connectivity index (χ3n) is 4.11. The van der Waals surface area contributed by atoms with E-state index >= 15 is 0 Å². The molecule has 0 spiro atoms. The largest absolute Gasteiger partial charge is 0.380 e. The quantitative estimate of drug-likeness (QED) is 0.689. The first kappa shape index (κ1) is 15.3. The number of hydrogen-bond acceptors (Lipinski definition) is 3. The second-order valence-corrected chi connectivity index (χ2v) is 6.12. The summed E-state index contributed by atoms with van der Waals surface area (Å²) in [6.45, 7) is 7.54. The van der Waals surface area contributed by atoms with Crippen LogP contribution in [0, 0.1) is 5.92 Å². The molecule has 0 aliphatic carbocycles. The van der Waals surface area contributed by atoms with Crippen LogP contribution in [0.2, 0.25) is 0 Å². The van der Waals surface area contributed by atoms with E-state index in [1.165, 1.54) is 0 Å². The predicted octanol–water partition coefficient (Wildman–Crippen LogP) is 1.27. The number of hydrogen-bond donors (Lipinski definition) is 0. The van der Waals surface area contributed by atoms with Gasteiger partial charge in [-0.3, -0.25) is 9.59 Å². The summed E-state index contributed by atoms with van der Waals surface area (Å²) in [5.74, 6) is 0.879. The third-order valence-corrected chi connectivity index (χ3v) is 4.11. The van der Waals surface area contributed by atoms with Gasteiger partial charge >= 0.3 is 0 Å². The molecule has 2 aliphatic heterocycles. The van der Waals surface area contributed by atoms with Crippen LogP contribution < -0.4 is 0 Å². The second-order valence-electron chi connectivity index (χ2n) is 6.12. The lowest BCUT2D eigenvalue weighted by Crippen LogP contribution is -2.44. The van der Waals surface area contributed by atoms with Gasteiger partial charge in [-0.15, -0.1) is 0 Å². The SMILES string of the molecule is CC(C)CCOCCN1CCC(=O)N2CCCC2C1=O. The lowest BCUT2D eigenvalue weighted by atomic mass is 10.1. The predicted molar refractivity (Wildman–Crippen MR) is 76.2 cm³/mol. The van der Waals surface area contributed by atoms with Crippen LogP contribution in [-0.4, -0.2) is 60.5 Å². The van der Waals surface area contributed by atoms with E-state index in [1.54, 1.807) is 4.90 Å². The van der Waals surface area contributed by atoms with E-state index in [9.17, 15) is 9.59 Å². The maximum Gasteiger partial charge on any atom is 0.245 e. The van der Waals surface area contributed by atoms with Gasteiger partial charge < -0.3 is 14.5 Å². The smallest absolute Gasteiger partial charge is 0.245 e. The summed E-state index contributed by atoms with van der Waals surface area (Å²) in [5.41, 5.74) is 0. The van der Waals surface area contributed by atoms with Gasteiger partial charge in [0, 0.05) is 32.7 Å². The van der Waals surface area contributed by atoms with Crippen molar-refractivity contribution < 1.29 is 14.3 Å². The van der Waals surface area contributed by atoms with Gasteiger partial charge in [-0.05, 0) is 25.2 Å². The summed E-state index contributed by atoms with van der Waals surface area (Å²) >= 11 is 0. The molecule has 0 aromatic rings. The first-order valence-corrected chi connectivity index (χ1v) is 7.75. The van der Waals surface area contributed by atoms with Crippen LogP contribution in [0.25, 0.3) is 0 Å². The number of carbonyl (C=O) groups is 2. The molecule has 0 saturated carbocycles. The first-order chi connectivity index (χ1) is 9.59. The maximum absolute atomic E-state index is 12.4. The number of nitrogens with zero attached hydrogens (tertiary/aromatic N) is 2. The Morgan fingerprint density at radius 3 is 2.80 bits per heavy atom. The average Bonchev–Trinajstić information content (AvgIpc) is 2.86. The summed E-state index contributed by atoms with van der Waals surface area (Å²) in [6.07, 6.45) is 3.26. The number of fused-ring (bicyclic) bond motifs is 1. The molecular weight excluding hydrogens is 256 g/mol. The molecule has 0 bridgehead atoms. The molecule has 0 N–H and O–H groups in total. The van der Waals surface area contributed by atoms with Gasteiger partial charge in [0.05, 0.1) is 6.61 Å². The Labute approximate surface area is 121 Å². The minimum absolute atomic E-state index is 0.112. The van der Waals surface area contributed by atoms with Crippen molar-refractivity contribution in [3.8, 4) is 0 Å². The minimum Gasteiger partial charge on any atom is -0.380 e. The fraction of sp³-hybridized carbons (Fsp3) is 0.867. The highest BCUT2D eigenvalue weighted by Crippen LogP contribution is 2.23. The molecule has 2 fully saturated rings. The van der Waals surface area contributed by atoms with Gasteiger partial charge in [0.1, 0.15) is 6.04 Å². The standard InChI is InChI=1S/C15H26N2O3/c1-12(2)6-10-20-11-9-16-8-5-14(18)17-7-3-4-13(17)15(16)19/h12-13H,3-11H2,1-2H3. The van der Waals surface area contributed by atoms with Crippen LogP contribution in [-0.2, 0) is 14.3 Å². The van der Waals surface area contributed by atoms with E-state index in [1.807, 2.05) is 4.90 Å². The van der Waals surface area contributed by atoms with Crippen LogP contribution in [0.15, 0.2) is 0 Å². The number of ether oxygens (including phenoxy) is 1. The summed E-state index contributed by atoms with van der Waals surface area (Å²) in [7, 11) is 0. The van der Waals surface area contributed by atoms with Crippen molar-refractivity contribution in [3.05, 3.63) is 0 Å². The molecule has 2 amide bonds. The van der Waals surface area contributed by atoms with Crippen LogP contribution in [0.3, 0.4) is 0 Å². The highest BCUT2D eigenvalue weighted by molar-refractivity contribution is 5.90. The van der Waals surface area contributed by atoms with Crippen molar-refractivity contribution in [2.75, 3.05) is 32.8 Å². The first-order valence-electron chi connectivity index (χ1n) is 7.75. The third kappa shape index (κ3) is 3.72. The van der Waals surface area contributed by atoms with Crippen LogP contribution in [0.5, 0.6) is 0 Å². The molecular formula is C15H26N2O3. The van der Waals surface area contributed by atoms with Gasteiger partial charge in [0.25, 0.3) is 0 Å². The summed E-state index contributed by atoms with van der Waals surface area (Å²) in [5, 5.41) is 0. The van der Waals surface area contributed by atoms with E-state index in [2.05, 4.69) is 13.8 Å². The van der Waals surface area contributed by atoms with Gasteiger partial charge in [-0.25, -0.2) is 0 Å². The van der Waals surface area contributed by atoms with Crippen molar-refractivity contribution in [2.24, 2.45) is 5.92 Å². The van der Waals surface area contributed by atoms with E-state index in [0.29, 0.717) is 32.0 Å². The van der Waals surface area contributed by atoms with Crippen molar-refractivity contribution in [3.63, 3.8) is 0 Å². The average molecular weight is 282 g/mol. The molecule has 5 heteroatoms. The number of carbonyl (C=O) groups excluding carboxylic acids is 2. The number of amides is 2. The highest BCUT2D eigenvalue weighted by Gasteiger charge is 2.38. The molecule has 2 rings (SSSR count). The van der Waals surface area contributed by atoms with E-state index < -0.39 is 0 Å².